The molecule has 0 atom stereocenters. The predicted molar refractivity (Wildman–Crippen MR) is 58.4 cm³/mol. The van der Waals surface area contributed by atoms with Crippen LogP contribution in [0.25, 0.3) is 5.32 Å². The molecule has 0 unspecified atom stereocenters. The first-order valence-electron chi connectivity index (χ1n) is 3.85. The first-order chi connectivity index (χ1) is 5.00. The normalized spacial score (nSPS) is 16.0. The van der Waals surface area contributed by atoms with Crippen molar-refractivity contribution in [2.75, 3.05) is 13.1 Å². The molecule has 1 fully saturated rings. The van der Waals surface area contributed by atoms with Crippen molar-refractivity contribution >= 4 is 24.8 Å². The summed E-state index contributed by atoms with van der Waals surface area (Å²) in [5.74, 6) is 0. The molecule has 0 aromatic rings. The van der Waals surface area contributed by atoms with Gasteiger partial charge in [-0.25, -0.2) is 12.2 Å². The molecule has 1 aliphatic heterocycles. The van der Waals surface area contributed by atoms with Crippen LogP contribution in [0.15, 0.2) is 18.2 Å². The molecule has 4 heteroatoms. The third-order valence-corrected chi connectivity index (χ3v) is 1.47. The van der Waals surface area contributed by atoms with Gasteiger partial charge in [-0.1, -0.05) is 12.8 Å². The van der Waals surface area contributed by atoms with Gasteiger partial charge >= 0.3 is 21.7 Å². The number of halogens is 2. The Kier molecular flexibility index (Phi) is 22.6. The minimum Gasteiger partial charge on any atom is -0.662 e. The zero-order chi connectivity index (χ0) is 7.07. The van der Waals surface area contributed by atoms with Gasteiger partial charge in [-0.3, -0.25) is 6.08 Å². The molecule has 0 aromatic heterocycles. The molecule has 0 bridgehead atoms. The molecule has 1 nitrogen and oxygen atoms in total. The van der Waals surface area contributed by atoms with Gasteiger partial charge in [0, 0.05) is 0 Å². The van der Waals surface area contributed by atoms with E-state index in [0.29, 0.717) is 0 Å². The van der Waals surface area contributed by atoms with Gasteiger partial charge in [0.2, 0.25) is 0 Å². The minimum absolute atomic E-state index is 0. The average molecular weight is 256 g/mol. The zero-order valence-corrected chi connectivity index (χ0v) is 10.7. The van der Waals surface area contributed by atoms with E-state index in [-0.39, 0.29) is 46.5 Å². The molecule has 13 heavy (non-hydrogen) atoms. The molecular weight excluding hydrogens is 241 g/mol. The maximum absolute atomic E-state index is 4.08. The smallest absolute Gasteiger partial charge is 0.662 e. The fourth-order valence-corrected chi connectivity index (χ4v) is 0.899. The van der Waals surface area contributed by atoms with Crippen molar-refractivity contribution < 1.29 is 21.7 Å². The Labute approximate surface area is 108 Å². The molecule has 1 aliphatic carbocycles. The molecule has 0 spiro atoms. The van der Waals surface area contributed by atoms with Crippen molar-refractivity contribution in [3.8, 4) is 0 Å². The summed E-state index contributed by atoms with van der Waals surface area (Å²) in [6.07, 6.45) is 12.7. The monoisotopic (exact) mass is 255 g/mol. The first kappa shape index (κ1) is 19.3. The first-order valence-corrected chi connectivity index (χ1v) is 3.85. The van der Waals surface area contributed by atoms with E-state index >= 15 is 0 Å². The van der Waals surface area contributed by atoms with Crippen molar-refractivity contribution in [1.82, 2.24) is 0 Å². The van der Waals surface area contributed by atoms with Gasteiger partial charge in [0.15, 0.2) is 0 Å². The van der Waals surface area contributed by atoms with Gasteiger partial charge in [-0.2, -0.15) is 6.08 Å². The Morgan fingerprint density at radius 3 is 1.85 bits per heavy atom. The number of hydrogen-bond donors (Lipinski definition) is 0. The Bertz CT molecular complexity index is 116. The van der Waals surface area contributed by atoms with Crippen LogP contribution in [0.1, 0.15) is 19.3 Å². The van der Waals surface area contributed by atoms with Gasteiger partial charge in [0.1, 0.15) is 0 Å². The van der Waals surface area contributed by atoms with Crippen LogP contribution < -0.4 is 0 Å². The Hall–Kier alpha value is 0.734. The maximum Gasteiger partial charge on any atom is 2.00 e. The van der Waals surface area contributed by atoms with Gasteiger partial charge < -0.3 is 5.32 Å². The van der Waals surface area contributed by atoms with E-state index < -0.39 is 0 Å². The van der Waals surface area contributed by atoms with Gasteiger partial charge in [-0.05, 0) is 0 Å². The van der Waals surface area contributed by atoms with Crippen molar-refractivity contribution in [1.29, 1.82) is 0 Å². The van der Waals surface area contributed by atoms with Crippen molar-refractivity contribution in [2.24, 2.45) is 0 Å². The molecule has 0 N–H and O–H groups in total. The molecule has 1 heterocycles. The second-order valence-electron chi connectivity index (χ2n) is 2.38. The maximum atomic E-state index is 4.08. The number of allylic oxidation sites excluding steroid dienone is 4. The second-order valence-corrected chi connectivity index (χ2v) is 2.38. The Balaban J connectivity index is -0.000000125. The fourth-order valence-electron chi connectivity index (χ4n) is 0.899. The summed E-state index contributed by atoms with van der Waals surface area (Å²) < 4.78 is 0. The molecule has 0 saturated carbocycles. The topological polar surface area (TPSA) is 14.1 Å². The van der Waals surface area contributed by atoms with E-state index in [0.717, 1.165) is 19.5 Å². The molecule has 2 aliphatic rings. The van der Waals surface area contributed by atoms with E-state index in [1.807, 2.05) is 12.2 Å². The molecule has 74 valence electrons. The predicted octanol–water partition coefficient (Wildman–Crippen LogP) is 3.30. The SMILES string of the molecule is C1CC[N-]C1.Cl.Cl.[C-]1=CC=CC1.[Ti+2]. The number of nitrogens with zero attached hydrogens (tertiary/aromatic N) is 1. The van der Waals surface area contributed by atoms with Crippen LogP contribution in [-0.2, 0) is 21.7 Å². The summed E-state index contributed by atoms with van der Waals surface area (Å²) in [7, 11) is 0. The van der Waals surface area contributed by atoms with Crippen molar-refractivity contribution in [2.45, 2.75) is 19.3 Å². The van der Waals surface area contributed by atoms with Crippen LogP contribution in [-0.4, -0.2) is 13.1 Å². The number of rotatable bonds is 0. The standard InChI is InChI=1S/C5H5.C4H8N.2ClH.Ti/c2*1-2-4-5-3-1;;;/h1-3H,4H2;1-4H2;2*1H;/q2*-1;;;+2. The Morgan fingerprint density at radius 2 is 1.69 bits per heavy atom. The average Bonchev–Trinajstić information content (AvgIpc) is 2.67. The summed E-state index contributed by atoms with van der Waals surface area (Å²) in [6, 6.07) is 0. The van der Waals surface area contributed by atoms with E-state index in [9.17, 15) is 0 Å². The van der Waals surface area contributed by atoms with Crippen LogP contribution in [0.3, 0.4) is 0 Å². The van der Waals surface area contributed by atoms with E-state index in [2.05, 4.69) is 17.5 Å². The summed E-state index contributed by atoms with van der Waals surface area (Å²) in [5.41, 5.74) is 0. The van der Waals surface area contributed by atoms with Gasteiger partial charge in [-0.15, -0.1) is 44.3 Å². The molecule has 1 saturated heterocycles. The second kappa shape index (κ2) is 15.2. The van der Waals surface area contributed by atoms with Crippen molar-refractivity contribution in [3.63, 3.8) is 0 Å². The summed E-state index contributed by atoms with van der Waals surface area (Å²) in [5, 5.41) is 4.08. The summed E-state index contributed by atoms with van der Waals surface area (Å²) in [6.45, 7) is 2.25. The third-order valence-electron chi connectivity index (χ3n) is 1.47. The molecule has 0 radical (unpaired) electrons. The Morgan fingerprint density at radius 1 is 1.08 bits per heavy atom. The molecule has 0 aromatic carbocycles. The van der Waals surface area contributed by atoms with Crippen LogP contribution in [0.4, 0.5) is 0 Å². The van der Waals surface area contributed by atoms with Crippen LogP contribution >= 0.6 is 24.8 Å². The van der Waals surface area contributed by atoms with Crippen LogP contribution in [0.5, 0.6) is 0 Å². The largest absolute Gasteiger partial charge is 2.00 e. The van der Waals surface area contributed by atoms with E-state index in [1.54, 1.807) is 0 Å². The van der Waals surface area contributed by atoms with Crippen LogP contribution in [0, 0.1) is 6.08 Å². The van der Waals surface area contributed by atoms with Gasteiger partial charge in [0.25, 0.3) is 0 Å². The zero-order valence-electron chi connectivity index (χ0n) is 7.53. The molecular formula is C9H15Cl2NTi. The minimum atomic E-state index is 0. The van der Waals surface area contributed by atoms with Gasteiger partial charge in [0.05, 0.1) is 0 Å². The molecule has 2 rings (SSSR count). The van der Waals surface area contributed by atoms with E-state index in [4.69, 9.17) is 0 Å². The third kappa shape index (κ3) is 12.7. The van der Waals surface area contributed by atoms with Crippen LogP contribution in [0.2, 0.25) is 0 Å². The molecule has 0 amide bonds. The summed E-state index contributed by atoms with van der Waals surface area (Å²) >= 11 is 0. The fraction of sp³-hybridized carbons (Fsp3) is 0.556. The van der Waals surface area contributed by atoms with Crippen molar-refractivity contribution in [3.05, 3.63) is 29.6 Å². The summed E-state index contributed by atoms with van der Waals surface area (Å²) in [4.78, 5) is 0. The number of hydrogen-bond acceptors (Lipinski definition) is 0. The quantitative estimate of drug-likeness (QED) is 0.466. The van der Waals surface area contributed by atoms with E-state index in [1.165, 1.54) is 12.8 Å².